The number of carbonyl (C=O) groups is 2. The maximum absolute atomic E-state index is 12.7. The fraction of sp³-hybridized carbons (Fsp3) is 0.500. The molecule has 0 spiro atoms. The summed E-state index contributed by atoms with van der Waals surface area (Å²) in [5, 5.41) is 5.98. The summed E-state index contributed by atoms with van der Waals surface area (Å²) in [6, 6.07) is 12.1. The standard InChI is InChI=1S/C30H36BrN3O5/c1-5-37-28(35)16-23-22(19-9-10-19)7-6-8-27(23)38-18-25-24-15-20(31)11-12-26(24)34(32-25)21-13-14-33(17-21)29(36)39-30(2,3)4/h6-8,11-12,15,19,21H,5,9-10,13-14,16-18H2,1-4H3/t21-/m0/s1. The SMILES string of the molecule is CCOC(=O)Cc1c(OCc2nn([C@H]3CCN(C(=O)OC(C)(C)C)C3)c3ccc(Br)cc23)cccc1C1CC1. The number of rotatable bonds is 8. The van der Waals surface area contributed by atoms with Crippen molar-refractivity contribution in [2.45, 2.75) is 77.5 Å². The van der Waals surface area contributed by atoms with Crippen LogP contribution in [0.4, 0.5) is 4.79 Å². The smallest absolute Gasteiger partial charge is 0.410 e. The number of hydrogen-bond donors (Lipinski definition) is 0. The molecule has 0 N–H and O–H groups in total. The zero-order valence-electron chi connectivity index (χ0n) is 23.0. The van der Waals surface area contributed by atoms with Crippen LogP contribution in [-0.2, 0) is 27.3 Å². The molecule has 9 heteroatoms. The zero-order valence-corrected chi connectivity index (χ0v) is 24.6. The molecule has 1 saturated carbocycles. The molecule has 1 amide bonds. The summed E-state index contributed by atoms with van der Waals surface area (Å²) in [4.78, 5) is 26.8. The van der Waals surface area contributed by atoms with Gasteiger partial charge in [0.1, 0.15) is 23.7 Å². The molecule has 2 aliphatic rings. The molecule has 8 nitrogen and oxygen atoms in total. The summed E-state index contributed by atoms with van der Waals surface area (Å²) in [6.07, 6.45) is 2.95. The number of fused-ring (bicyclic) bond motifs is 1. The molecule has 2 fully saturated rings. The van der Waals surface area contributed by atoms with Crippen molar-refractivity contribution in [2.24, 2.45) is 0 Å². The van der Waals surface area contributed by atoms with Gasteiger partial charge in [0.05, 0.1) is 24.6 Å². The first-order valence-electron chi connectivity index (χ1n) is 13.7. The number of carbonyl (C=O) groups excluding carboxylic acids is 2. The number of likely N-dealkylation sites (tertiary alicyclic amines) is 1. The molecule has 1 saturated heterocycles. The first kappa shape index (κ1) is 27.5. The van der Waals surface area contributed by atoms with Gasteiger partial charge in [0.15, 0.2) is 0 Å². The highest BCUT2D eigenvalue weighted by atomic mass is 79.9. The minimum atomic E-state index is -0.534. The lowest BCUT2D eigenvalue weighted by Gasteiger charge is -2.24. The Morgan fingerprint density at radius 1 is 1.13 bits per heavy atom. The largest absolute Gasteiger partial charge is 0.487 e. The van der Waals surface area contributed by atoms with Crippen molar-refractivity contribution in [1.82, 2.24) is 14.7 Å². The Labute approximate surface area is 237 Å². The van der Waals surface area contributed by atoms with E-state index in [0.29, 0.717) is 31.4 Å². The Bertz CT molecular complexity index is 1370. The number of ether oxygens (including phenoxy) is 3. The lowest BCUT2D eigenvalue weighted by molar-refractivity contribution is -0.142. The molecule has 2 heterocycles. The van der Waals surface area contributed by atoms with E-state index in [4.69, 9.17) is 19.3 Å². The van der Waals surface area contributed by atoms with Gasteiger partial charge in [0.25, 0.3) is 0 Å². The van der Waals surface area contributed by atoms with Crippen LogP contribution in [0.2, 0.25) is 0 Å². The lowest BCUT2D eigenvalue weighted by Crippen LogP contribution is -2.35. The van der Waals surface area contributed by atoms with E-state index >= 15 is 0 Å². The van der Waals surface area contributed by atoms with Crippen LogP contribution in [0.25, 0.3) is 10.9 Å². The van der Waals surface area contributed by atoms with Gasteiger partial charge in [-0.25, -0.2) is 4.79 Å². The van der Waals surface area contributed by atoms with Crippen LogP contribution < -0.4 is 4.74 Å². The highest BCUT2D eigenvalue weighted by molar-refractivity contribution is 9.10. The van der Waals surface area contributed by atoms with Crippen LogP contribution in [0.3, 0.4) is 0 Å². The van der Waals surface area contributed by atoms with Crippen molar-refractivity contribution in [2.75, 3.05) is 19.7 Å². The third-order valence-electron chi connectivity index (χ3n) is 7.08. The summed E-state index contributed by atoms with van der Waals surface area (Å²) in [7, 11) is 0. The number of halogens is 1. The van der Waals surface area contributed by atoms with E-state index in [-0.39, 0.29) is 31.1 Å². The molecular formula is C30H36BrN3O5. The van der Waals surface area contributed by atoms with Gasteiger partial charge in [-0.05, 0) is 82.7 Å². The van der Waals surface area contributed by atoms with Crippen molar-refractivity contribution in [3.05, 3.63) is 57.7 Å². The summed E-state index contributed by atoms with van der Waals surface area (Å²) in [5.74, 6) is 0.927. The van der Waals surface area contributed by atoms with Gasteiger partial charge in [0.2, 0.25) is 0 Å². The van der Waals surface area contributed by atoms with E-state index in [1.165, 1.54) is 5.56 Å². The normalized spacial score (nSPS) is 17.5. The van der Waals surface area contributed by atoms with Crippen LogP contribution in [0.1, 0.15) is 75.7 Å². The van der Waals surface area contributed by atoms with Crippen molar-refractivity contribution in [3.63, 3.8) is 0 Å². The van der Waals surface area contributed by atoms with E-state index in [0.717, 1.165) is 45.9 Å². The highest BCUT2D eigenvalue weighted by Gasteiger charge is 2.33. The van der Waals surface area contributed by atoms with Gasteiger partial charge in [-0.2, -0.15) is 5.10 Å². The average Bonchev–Trinajstić information content (AvgIpc) is 3.48. The second-order valence-corrected chi connectivity index (χ2v) is 12.2. The third-order valence-corrected chi connectivity index (χ3v) is 7.58. The predicted molar refractivity (Wildman–Crippen MR) is 152 cm³/mol. The lowest BCUT2D eigenvalue weighted by atomic mass is 9.99. The fourth-order valence-electron chi connectivity index (χ4n) is 5.18. The zero-order chi connectivity index (χ0) is 27.7. The van der Waals surface area contributed by atoms with Gasteiger partial charge in [-0.1, -0.05) is 28.1 Å². The molecule has 1 aromatic heterocycles. The molecule has 3 aromatic rings. The van der Waals surface area contributed by atoms with Gasteiger partial charge in [0, 0.05) is 28.5 Å². The topological polar surface area (TPSA) is 82.9 Å². The number of esters is 1. The molecule has 1 aliphatic carbocycles. The summed E-state index contributed by atoms with van der Waals surface area (Å²) in [6.45, 7) is 9.21. The molecule has 0 radical (unpaired) electrons. The molecule has 208 valence electrons. The minimum Gasteiger partial charge on any atom is -0.487 e. The van der Waals surface area contributed by atoms with E-state index in [9.17, 15) is 9.59 Å². The van der Waals surface area contributed by atoms with Crippen LogP contribution in [0, 0.1) is 0 Å². The van der Waals surface area contributed by atoms with Crippen molar-refractivity contribution in [3.8, 4) is 5.75 Å². The molecule has 39 heavy (non-hydrogen) atoms. The number of nitrogens with zero attached hydrogens (tertiary/aromatic N) is 3. The number of amides is 1. The van der Waals surface area contributed by atoms with Crippen LogP contribution >= 0.6 is 15.9 Å². The Morgan fingerprint density at radius 3 is 2.64 bits per heavy atom. The molecular weight excluding hydrogens is 562 g/mol. The van der Waals surface area contributed by atoms with Gasteiger partial charge in [-0.15, -0.1) is 0 Å². The Kier molecular flexibility index (Phi) is 7.89. The molecule has 0 bridgehead atoms. The number of aromatic nitrogens is 2. The van der Waals surface area contributed by atoms with Gasteiger partial charge in [-0.3, -0.25) is 9.48 Å². The molecule has 1 aliphatic heterocycles. The monoisotopic (exact) mass is 597 g/mol. The average molecular weight is 599 g/mol. The second kappa shape index (κ2) is 11.2. The van der Waals surface area contributed by atoms with Gasteiger partial charge < -0.3 is 19.1 Å². The number of benzene rings is 2. The highest BCUT2D eigenvalue weighted by Crippen LogP contribution is 2.44. The van der Waals surface area contributed by atoms with E-state index < -0.39 is 5.60 Å². The van der Waals surface area contributed by atoms with E-state index in [1.54, 1.807) is 4.90 Å². The van der Waals surface area contributed by atoms with Crippen LogP contribution in [0.5, 0.6) is 5.75 Å². The second-order valence-electron chi connectivity index (χ2n) is 11.3. The third kappa shape index (κ3) is 6.40. The van der Waals surface area contributed by atoms with Crippen molar-refractivity contribution < 1.29 is 23.8 Å². The first-order valence-corrected chi connectivity index (χ1v) is 14.5. The summed E-state index contributed by atoms with van der Waals surface area (Å²) >= 11 is 3.60. The predicted octanol–water partition coefficient (Wildman–Crippen LogP) is 6.54. The first-order chi connectivity index (χ1) is 18.6. The van der Waals surface area contributed by atoms with Crippen molar-refractivity contribution >= 4 is 38.9 Å². The van der Waals surface area contributed by atoms with Crippen LogP contribution in [-0.4, -0.2) is 52.0 Å². The fourth-order valence-corrected chi connectivity index (χ4v) is 5.54. The molecule has 1 atom stereocenters. The van der Waals surface area contributed by atoms with Crippen LogP contribution in [0.15, 0.2) is 40.9 Å². The quantitative estimate of drug-likeness (QED) is 0.274. The maximum Gasteiger partial charge on any atom is 0.410 e. The number of hydrogen-bond acceptors (Lipinski definition) is 6. The summed E-state index contributed by atoms with van der Waals surface area (Å²) < 4.78 is 20.2. The Morgan fingerprint density at radius 2 is 1.92 bits per heavy atom. The molecule has 5 rings (SSSR count). The van der Waals surface area contributed by atoms with E-state index in [2.05, 4.69) is 28.1 Å². The summed E-state index contributed by atoms with van der Waals surface area (Å²) in [5.41, 5.74) is 3.35. The minimum absolute atomic E-state index is 0.0347. The molecule has 2 aromatic carbocycles. The Balaban J connectivity index is 1.39. The van der Waals surface area contributed by atoms with Crippen molar-refractivity contribution in [1.29, 1.82) is 0 Å². The molecule has 0 unspecified atom stereocenters. The van der Waals surface area contributed by atoms with Gasteiger partial charge >= 0.3 is 12.1 Å². The Hall–Kier alpha value is -3.07. The maximum atomic E-state index is 12.7. The van der Waals surface area contributed by atoms with E-state index in [1.807, 2.05) is 56.6 Å².